The molecule has 1 saturated carbocycles. The van der Waals surface area contributed by atoms with Crippen LogP contribution in [0.5, 0.6) is 0 Å². The van der Waals surface area contributed by atoms with Crippen molar-refractivity contribution in [2.24, 2.45) is 0 Å². The number of carboxylic acids is 1. The van der Waals surface area contributed by atoms with E-state index in [2.05, 4.69) is 0 Å². The Hall–Kier alpha value is -0.900. The molecule has 0 saturated heterocycles. The number of carbonyl (C=O) groups excluding carboxylic acids is 2. The lowest BCUT2D eigenvalue weighted by atomic mass is 10.4. The fraction of sp³-hybridized carbons (Fsp3) is 0.250. The van der Waals surface area contributed by atoms with E-state index in [0.717, 1.165) is 0 Å². The maximum atomic E-state index is 10.1. The monoisotopic (exact) mass is 148 g/mol. The van der Waals surface area contributed by atoms with Crippen molar-refractivity contribution >= 4 is 29.1 Å². The molecule has 0 aromatic carbocycles. The zero-order chi connectivity index (χ0) is 7.23. The molecule has 0 unspecified atom stereocenters. The Labute approximate surface area is 54.4 Å². The number of rotatable bonds is 1. The first-order chi connectivity index (χ1) is 4.01. The Morgan fingerprint density at radius 2 is 1.78 bits per heavy atom. The first-order valence-electron chi connectivity index (χ1n) is 2.02. The van der Waals surface area contributed by atoms with Gasteiger partial charge in [-0.15, -0.1) is 0 Å². The summed E-state index contributed by atoms with van der Waals surface area (Å²) in [7, 11) is 0. The van der Waals surface area contributed by atoms with E-state index in [0.29, 0.717) is 0 Å². The molecule has 1 aliphatic rings. The summed E-state index contributed by atoms with van der Waals surface area (Å²) in [6, 6.07) is 0. The zero-order valence-corrected chi connectivity index (χ0v) is 4.81. The smallest absolute Gasteiger partial charge is 0.341 e. The second-order valence-corrected chi connectivity index (χ2v) is 2.19. The lowest BCUT2D eigenvalue weighted by Crippen LogP contribution is -2.18. The number of hydrogen-bond donors (Lipinski definition) is 1. The highest BCUT2D eigenvalue weighted by atomic mass is 35.5. The average molecular weight is 149 g/mol. The number of alkyl halides is 1. The third-order valence-electron chi connectivity index (χ3n) is 1.06. The SMILES string of the molecule is O=C(O)C1(Cl)C(=O)C1=O. The standard InChI is InChI=1S/C4HClO4/c5-4(3(8)9)1(6)2(4)7/h(H,8,9). The van der Waals surface area contributed by atoms with Crippen LogP contribution in [0.25, 0.3) is 0 Å². The van der Waals surface area contributed by atoms with Crippen LogP contribution in [0, 0.1) is 0 Å². The van der Waals surface area contributed by atoms with Gasteiger partial charge in [0, 0.05) is 0 Å². The molecule has 0 spiro atoms. The van der Waals surface area contributed by atoms with Crippen molar-refractivity contribution in [2.45, 2.75) is 4.87 Å². The van der Waals surface area contributed by atoms with E-state index in [1.807, 2.05) is 0 Å². The van der Waals surface area contributed by atoms with Gasteiger partial charge in [-0.05, 0) is 0 Å². The second kappa shape index (κ2) is 1.33. The van der Waals surface area contributed by atoms with Gasteiger partial charge in [-0.25, -0.2) is 4.79 Å². The summed E-state index contributed by atoms with van der Waals surface area (Å²) in [6.07, 6.45) is 0. The van der Waals surface area contributed by atoms with Gasteiger partial charge in [-0.2, -0.15) is 0 Å². The summed E-state index contributed by atoms with van der Waals surface area (Å²) in [5.41, 5.74) is 0. The third-order valence-corrected chi connectivity index (χ3v) is 1.57. The minimum atomic E-state index is -2.22. The molecular formula is C4HClO4. The highest BCUT2D eigenvalue weighted by Gasteiger charge is 2.71. The molecule has 5 heteroatoms. The molecule has 1 fully saturated rings. The van der Waals surface area contributed by atoms with Crippen LogP contribution >= 0.6 is 11.6 Å². The zero-order valence-electron chi connectivity index (χ0n) is 4.05. The Morgan fingerprint density at radius 1 is 1.44 bits per heavy atom. The van der Waals surface area contributed by atoms with E-state index in [-0.39, 0.29) is 0 Å². The van der Waals surface area contributed by atoms with Gasteiger partial charge in [-0.1, -0.05) is 11.6 Å². The summed E-state index contributed by atoms with van der Waals surface area (Å²) in [5.74, 6) is -3.65. The van der Waals surface area contributed by atoms with Gasteiger partial charge in [-0.3, -0.25) is 9.59 Å². The summed E-state index contributed by atoms with van der Waals surface area (Å²) in [4.78, 5) is 27.9. The molecule has 4 nitrogen and oxygen atoms in total. The van der Waals surface area contributed by atoms with E-state index in [4.69, 9.17) is 16.7 Å². The molecule has 0 aromatic rings. The summed E-state index contributed by atoms with van der Waals surface area (Å²) >= 11 is 4.98. The number of Topliss-reactive ketones (excluding diaryl/α,β-unsaturated/α-hetero) is 2. The van der Waals surface area contributed by atoms with E-state index >= 15 is 0 Å². The predicted molar refractivity (Wildman–Crippen MR) is 26.2 cm³/mol. The molecule has 0 radical (unpaired) electrons. The van der Waals surface area contributed by atoms with Crippen LogP contribution < -0.4 is 0 Å². The molecule has 0 amide bonds. The van der Waals surface area contributed by atoms with Crippen molar-refractivity contribution in [3.63, 3.8) is 0 Å². The van der Waals surface area contributed by atoms with Gasteiger partial charge in [0.2, 0.25) is 11.6 Å². The molecule has 48 valence electrons. The van der Waals surface area contributed by atoms with Gasteiger partial charge < -0.3 is 5.11 Å². The molecule has 0 heterocycles. The summed E-state index contributed by atoms with van der Waals surface area (Å²) in [6.45, 7) is 0. The first-order valence-corrected chi connectivity index (χ1v) is 2.40. The molecular weight excluding hydrogens is 147 g/mol. The summed E-state index contributed by atoms with van der Waals surface area (Å²) in [5, 5.41) is 8.08. The molecule has 9 heavy (non-hydrogen) atoms. The maximum absolute atomic E-state index is 10.1. The summed E-state index contributed by atoms with van der Waals surface area (Å²) < 4.78 is 0. The Morgan fingerprint density at radius 3 is 1.78 bits per heavy atom. The van der Waals surface area contributed by atoms with Crippen molar-refractivity contribution in [3.05, 3.63) is 0 Å². The minimum Gasteiger partial charge on any atom is -0.479 e. The van der Waals surface area contributed by atoms with E-state index < -0.39 is 22.4 Å². The number of ketones is 2. The number of carbonyl (C=O) groups is 3. The molecule has 1 aliphatic carbocycles. The van der Waals surface area contributed by atoms with Gasteiger partial charge in [0.05, 0.1) is 0 Å². The molecule has 1 N–H and O–H groups in total. The lowest BCUT2D eigenvalue weighted by Gasteiger charge is -1.86. The fourth-order valence-electron chi connectivity index (χ4n) is 0.411. The first kappa shape index (κ1) is 6.22. The molecule has 1 rings (SSSR count). The normalized spacial score (nSPS) is 21.9. The van der Waals surface area contributed by atoms with Crippen molar-refractivity contribution in [3.8, 4) is 0 Å². The van der Waals surface area contributed by atoms with Crippen molar-refractivity contribution in [1.82, 2.24) is 0 Å². The number of halogens is 1. The van der Waals surface area contributed by atoms with E-state index in [1.165, 1.54) is 0 Å². The van der Waals surface area contributed by atoms with Crippen LogP contribution in [0.3, 0.4) is 0 Å². The van der Waals surface area contributed by atoms with Gasteiger partial charge >= 0.3 is 5.97 Å². The predicted octanol–water partition coefficient (Wildman–Crippen LogP) is -0.800. The molecule has 0 aliphatic heterocycles. The quantitative estimate of drug-likeness (QED) is 0.300. The lowest BCUT2D eigenvalue weighted by molar-refractivity contribution is -0.138. The maximum Gasteiger partial charge on any atom is 0.341 e. The van der Waals surface area contributed by atoms with Crippen molar-refractivity contribution < 1.29 is 19.5 Å². The Bertz CT molecular complexity index is 205. The number of carboxylic acid groups (broad SMARTS) is 1. The van der Waals surface area contributed by atoms with Crippen LogP contribution in [0.4, 0.5) is 0 Å². The van der Waals surface area contributed by atoms with Gasteiger partial charge in [0.25, 0.3) is 4.87 Å². The van der Waals surface area contributed by atoms with Crippen LogP contribution in [0.1, 0.15) is 0 Å². The van der Waals surface area contributed by atoms with Crippen LogP contribution in [-0.4, -0.2) is 27.5 Å². The average Bonchev–Trinajstić information content (AvgIpc) is 2.22. The van der Waals surface area contributed by atoms with Crippen molar-refractivity contribution in [1.29, 1.82) is 0 Å². The van der Waals surface area contributed by atoms with Crippen LogP contribution in [0.2, 0.25) is 0 Å². The second-order valence-electron chi connectivity index (χ2n) is 1.62. The van der Waals surface area contributed by atoms with Gasteiger partial charge in [0.15, 0.2) is 0 Å². The third kappa shape index (κ3) is 0.506. The van der Waals surface area contributed by atoms with Crippen LogP contribution in [0.15, 0.2) is 0 Å². The number of hydrogen-bond acceptors (Lipinski definition) is 3. The minimum absolute atomic E-state index is 1.03. The fourth-order valence-corrected chi connectivity index (χ4v) is 0.535. The largest absolute Gasteiger partial charge is 0.479 e. The van der Waals surface area contributed by atoms with Crippen LogP contribution in [-0.2, 0) is 14.4 Å². The number of aliphatic carboxylic acids is 1. The Balaban J connectivity index is 2.96. The van der Waals surface area contributed by atoms with Crippen molar-refractivity contribution in [2.75, 3.05) is 0 Å². The Kier molecular flexibility index (Phi) is 0.919. The molecule has 0 atom stereocenters. The highest BCUT2D eigenvalue weighted by molar-refractivity contribution is 6.87. The van der Waals surface area contributed by atoms with E-state index in [1.54, 1.807) is 0 Å². The highest BCUT2D eigenvalue weighted by Crippen LogP contribution is 2.33. The van der Waals surface area contributed by atoms with Gasteiger partial charge in [0.1, 0.15) is 0 Å². The topological polar surface area (TPSA) is 71.4 Å². The molecule has 0 bridgehead atoms. The molecule has 0 aromatic heterocycles. The van der Waals surface area contributed by atoms with E-state index in [9.17, 15) is 14.4 Å².